The Bertz CT molecular complexity index is 1140. The minimum absolute atomic E-state index is 0.128. The third kappa shape index (κ3) is 3.33. The molecule has 2 aliphatic heterocycles. The Hall–Kier alpha value is -3.39. The van der Waals surface area contributed by atoms with Crippen LogP contribution in [-0.4, -0.2) is 35.0 Å². The summed E-state index contributed by atoms with van der Waals surface area (Å²) >= 11 is 1.48. The van der Waals surface area contributed by atoms with Gasteiger partial charge in [-0.05, 0) is 37.3 Å². The van der Waals surface area contributed by atoms with Crippen LogP contribution in [0.1, 0.15) is 24.6 Å². The van der Waals surface area contributed by atoms with Crippen molar-refractivity contribution in [2.75, 3.05) is 13.2 Å². The Morgan fingerprint density at radius 3 is 2.81 bits per heavy atom. The number of benzene rings is 2. The van der Waals surface area contributed by atoms with Gasteiger partial charge in [-0.3, -0.25) is 9.69 Å². The van der Waals surface area contributed by atoms with Crippen LogP contribution in [0.5, 0.6) is 11.5 Å². The number of fused-ring (bicyclic) bond motifs is 2. The monoisotopic (exact) mass is 435 g/mol. The SMILES string of the molecule is CCOc1ccc(-c2nc(CN3C(=O)NC4(CCOc5ccccc54)C3=O)cs2)cc1. The van der Waals surface area contributed by atoms with Crippen LogP contribution in [0.25, 0.3) is 10.6 Å². The van der Waals surface area contributed by atoms with Crippen LogP contribution in [0.2, 0.25) is 0 Å². The maximum atomic E-state index is 13.4. The van der Waals surface area contributed by atoms with Gasteiger partial charge in [0, 0.05) is 22.9 Å². The van der Waals surface area contributed by atoms with Crippen molar-refractivity contribution in [1.29, 1.82) is 0 Å². The number of aromatic nitrogens is 1. The molecule has 0 radical (unpaired) electrons. The van der Waals surface area contributed by atoms with Gasteiger partial charge in [0.05, 0.1) is 25.5 Å². The maximum Gasteiger partial charge on any atom is 0.325 e. The lowest BCUT2D eigenvalue weighted by atomic mass is 9.84. The summed E-state index contributed by atoms with van der Waals surface area (Å²) in [5.41, 5.74) is 1.27. The van der Waals surface area contributed by atoms with Gasteiger partial charge < -0.3 is 14.8 Å². The molecule has 3 amide bonds. The second-order valence-electron chi connectivity index (χ2n) is 7.42. The molecule has 3 aromatic rings. The smallest absolute Gasteiger partial charge is 0.325 e. The second-order valence-corrected chi connectivity index (χ2v) is 8.28. The zero-order chi connectivity index (χ0) is 21.4. The number of carbonyl (C=O) groups is 2. The van der Waals surface area contributed by atoms with Gasteiger partial charge >= 0.3 is 6.03 Å². The number of nitrogens with zero attached hydrogens (tertiary/aromatic N) is 2. The average molecular weight is 436 g/mol. The van der Waals surface area contributed by atoms with Gasteiger partial charge in [-0.1, -0.05) is 18.2 Å². The molecule has 1 fully saturated rings. The minimum Gasteiger partial charge on any atom is -0.494 e. The van der Waals surface area contributed by atoms with Gasteiger partial charge in [0.15, 0.2) is 5.54 Å². The Kier molecular flexibility index (Phi) is 4.86. The summed E-state index contributed by atoms with van der Waals surface area (Å²) < 4.78 is 11.2. The van der Waals surface area contributed by atoms with Crippen LogP contribution in [-0.2, 0) is 16.9 Å². The number of imide groups is 1. The Labute approximate surface area is 183 Å². The third-order valence-corrected chi connectivity index (χ3v) is 6.48. The summed E-state index contributed by atoms with van der Waals surface area (Å²) in [5.74, 6) is 1.18. The van der Waals surface area contributed by atoms with Crippen molar-refractivity contribution in [2.24, 2.45) is 0 Å². The van der Waals surface area contributed by atoms with E-state index in [1.54, 1.807) is 0 Å². The van der Waals surface area contributed by atoms with Crippen molar-refractivity contribution in [3.8, 4) is 22.1 Å². The summed E-state index contributed by atoms with van der Waals surface area (Å²) in [5, 5.41) is 5.64. The fourth-order valence-corrected chi connectivity index (χ4v) is 4.87. The molecule has 2 aliphatic rings. The van der Waals surface area contributed by atoms with E-state index >= 15 is 0 Å². The molecule has 1 unspecified atom stereocenters. The first-order chi connectivity index (χ1) is 15.1. The third-order valence-electron chi connectivity index (χ3n) is 5.54. The summed E-state index contributed by atoms with van der Waals surface area (Å²) in [6.07, 6.45) is 0.402. The van der Waals surface area contributed by atoms with E-state index in [-0.39, 0.29) is 12.5 Å². The zero-order valence-electron chi connectivity index (χ0n) is 17.0. The first-order valence-corrected chi connectivity index (χ1v) is 11.0. The molecular weight excluding hydrogens is 414 g/mol. The molecule has 8 heteroatoms. The highest BCUT2D eigenvalue weighted by molar-refractivity contribution is 7.13. The molecule has 158 valence electrons. The van der Waals surface area contributed by atoms with E-state index < -0.39 is 11.6 Å². The van der Waals surface area contributed by atoms with E-state index in [2.05, 4.69) is 10.3 Å². The summed E-state index contributed by atoms with van der Waals surface area (Å²) in [6.45, 7) is 3.06. The average Bonchev–Trinajstić information content (AvgIpc) is 3.34. The van der Waals surface area contributed by atoms with Crippen molar-refractivity contribution in [3.05, 3.63) is 65.2 Å². The lowest BCUT2D eigenvalue weighted by Gasteiger charge is -2.33. The second kappa shape index (κ2) is 7.70. The molecule has 0 bridgehead atoms. The molecule has 1 spiro atoms. The highest BCUT2D eigenvalue weighted by Crippen LogP contribution is 2.41. The zero-order valence-corrected chi connectivity index (χ0v) is 17.8. The van der Waals surface area contributed by atoms with Crippen molar-refractivity contribution >= 4 is 23.3 Å². The van der Waals surface area contributed by atoms with Gasteiger partial charge in [-0.25, -0.2) is 9.78 Å². The predicted molar refractivity (Wildman–Crippen MR) is 116 cm³/mol. The van der Waals surface area contributed by atoms with E-state index in [0.29, 0.717) is 36.6 Å². The van der Waals surface area contributed by atoms with Gasteiger partial charge in [0.1, 0.15) is 16.5 Å². The standard InChI is InChI=1S/C23H21N3O4S/c1-2-29-17-9-7-15(8-10-17)20-24-16(14-31-20)13-26-21(27)23(25-22(26)28)11-12-30-19-6-4-3-5-18(19)23/h3-10,14H,2,11-13H2,1H3,(H,25,28). The predicted octanol–water partition coefficient (Wildman–Crippen LogP) is 3.94. The van der Waals surface area contributed by atoms with Crippen LogP contribution in [0.4, 0.5) is 4.79 Å². The molecule has 31 heavy (non-hydrogen) atoms. The van der Waals surface area contributed by atoms with E-state index in [1.807, 2.05) is 60.8 Å². The lowest BCUT2D eigenvalue weighted by molar-refractivity contribution is -0.133. The molecule has 1 N–H and O–H groups in total. The number of hydrogen-bond acceptors (Lipinski definition) is 6. The van der Waals surface area contributed by atoms with Crippen molar-refractivity contribution in [3.63, 3.8) is 0 Å². The molecule has 3 heterocycles. The first kappa shape index (κ1) is 19.6. The summed E-state index contributed by atoms with van der Waals surface area (Å²) in [7, 11) is 0. The topological polar surface area (TPSA) is 80.8 Å². The minimum atomic E-state index is -1.07. The summed E-state index contributed by atoms with van der Waals surface area (Å²) in [6, 6.07) is 14.7. The molecule has 0 saturated carbocycles. The van der Waals surface area contributed by atoms with Crippen LogP contribution in [0.3, 0.4) is 0 Å². The van der Waals surface area contributed by atoms with Crippen molar-refractivity contribution in [2.45, 2.75) is 25.4 Å². The van der Waals surface area contributed by atoms with Crippen LogP contribution >= 0.6 is 11.3 Å². The van der Waals surface area contributed by atoms with E-state index in [1.165, 1.54) is 16.2 Å². The first-order valence-electron chi connectivity index (χ1n) is 10.1. The number of urea groups is 1. The molecule has 1 atom stereocenters. The van der Waals surface area contributed by atoms with Gasteiger partial charge in [0.2, 0.25) is 0 Å². The highest BCUT2D eigenvalue weighted by Gasteiger charge is 2.54. The molecule has 1 aromatic heterocycles. The molecule has 5 rings (SSSR count). The van der Waals surface area contributed by atoms with Crippen molar-refractivity contribution in [1.82, 2.24) is 15.2 Å². The number of thiazole rings is 1. The van der Waals surface area contributed by atoms with E-state index in [0.717, 1.165) is 16.3 Å². The Morgan fingerprint density at radius 1 is 1.19 bits per heavy atom. The quantitative estimate of drug-likeness (QED) is 0.614. The maximum absolute atomic E-state index is 13.4. The molecule has 0 aliphatic carbocycles. The number of amides is 3. The van der Waals surface area contributed by atoms with Gasteiger partial charge in [-0.2, -0.15) is 0 Å². The van der Waals surface area contributed by atoms with Crippen LogP contribution in [0.15, 0.2) is 53.9 Å². The summed E-state index contributed by atoms with van der Waals surface area (Å²) in [4.78, 5) is 32.0. The molecule has 2 aromatic carbocycles. The number of nitrogens with one attached hydrogen (secondary N) is 1. The van der Waals surface area contributed by atoms with Crippen LogP contribution < -0.4 is 14.8 Å². The normalized spacial score (nSPS) is 19.8. The fourth-order valence-electron chi connectivity index (χ4n) is 4.05. The van der Waals surface area contributed by atoms with E-state index in [9.17, 15) is 9.59 Å². The molecular formula is C23H21N3O4S. The van der Waals surface area contributed by atoms with Gasteiger partial charge in [-0.15, -0.1) is 11.3 Å². The van der Waals surface area contributed by atoms with Crippen molar-refractivity contribution < 1.29 is 19.1 Å². The number of para-hydroxylation sites is 1. The number of hydrogen-bond donors (Lipinski definition) is 1. The van der Waals surface area contributed by atoms with Gasteiger partial charge in [0.25, 0.3) is 5.91 Å². The van der Waals surface area contributed by atoms with E-state index in [4.69, 9.17) is 9.47 Å². The fraction of sp³-hybridized carbons (Fsp3) is 0.261. The Morgan fingerprint density at radius 2 is 2.00 bits per heavy atom. The largest absolute Gasteiger partial charge is 0.494 e. The number of rotatable bonds is 5. The molecule has 7 nitrogen and oxygen atoms in total. The lowest BCUT2D eigenvalue weighted by Crippen LogP contribution is -2.47. The Balaban J connectivity index is 1.37. The molecule has 1 saturated heterocycles. The number of carbonyl (C=O) groups excluding carboxylic acids is 2. The number of ether oxygens (including phenoxy) is 2. The van der Waals surface area contributed by atoms with Crippen LogP contribution in [0, 0.1) is 0 Å². The highest BCUT2D eigenvalue weighted by atomic mass is 32.1.